The van der Waals surface area contributed by atoms with Crippen LogP contribution in [0.5, 0.6) is 5.75 Å². The van der Waals surface area contributed by atoms with Gasteiger partial charge in [-0.25, -0.2) is 0 Å². The minimum absolute atomic E-state index is 0.0643. The molecule has 8 nitrogen and oxygen atoms in total. The lowest BCUT2D eigenvalue weighted by molar-refractivity contribution is -0.385. The van der Waals surface area contributed by atoms with Gasteiger partial charge in [-0.1, -0.05) is 22.8 Å². The Labute approximate surface area is 123 Å². The van der Waals surface area contributed by atoms with Gasteiger partial charge in [-0.15, -0.1) is 0 Å². The van der Waals surface area contributed by atoms with Crippen molar-refractivity contribution in [2.75, 3.05) is 0 Å². The Morgan fingerprint density at radius 1 is 1.57 bits per heavy atom. The fourth-order valence-electron chi connectivity index (χ4n) is 1.91. The third kappa shape index (κ3) is 2.65. The van der Waals surface area contributed by atoms with Crippen molar-refractivity contribution in [3.05, 3.63) is 38.5 Å². The molecule has 1 aromatic heterocycles. The first-order valence-electron chi connectivity index (χ1n) is 5.72. The number of aryl methyl sites for hydroxylation is 1. The molecule has 0 aliphatic carbocycles. The van der Waals surface area contributed by atoms with Crippen LogP contribution < -0.4 is 5.73 Å². The summed E-state index contributed by atoms with van der Waals surface area (Å²) in [5, 5.41) is 24.6. The molecular weight excluding hydrogens is 302 g/mol. The van der Waals surface area contributed by atoms with E-state index in [1.807, 2.05) is 0 Å². The number of aromatic hydroxyl groups is 1. The molecule has 1 amide bonds. The van der Waals surface area contributed by atoms with E-state index in [2.05, 4.69) is 5.16 Å². The van der Waals surface area contributed by atoms with Crippen molar-refractivity contribution in [3.8, 4) is 17.1 Å². The fourth-order valence-corrected chi connectivity index (χ4v) is 2.07. The molecule has 0 fully saturated rings. The standard InChI is InChI=1S/C12H10ClN3O5/c1-5-10(13)12(21-15-5)9-6(4-8(14)18)2-3-7(17)11(9)16(19)20/h2-3,17H,4H2,1H3,(H2,14,18). The van der Waals surface area contributed by atoms with E-state index in [1.54, 1.807) is 6.92 Å². The van der Waals surface area contributed by atoms with Crippen molar-refractivity contribution >= 4 is 23.2 Å². The second-order valence-electron chi connectivity index (χ2n) is 4.28. The number of aromatic nitrogens is 1. The second kappa shape index (κ2) is 5.41. The maximum Gasteiger partial charge on any atom is 0.322 e. The molecule has 0 aliphatic heterocycles. The molecule has 110 valence electrons. The van der Waals surface area contributed by atoms with Crippen molar-refractivity contribution in [2.45, 2.75) is 13.3 Å². The number of benzene rings is 1. The summed E-state index contributed by atoms with van der Waals surface area (Å²) in [5.74, 6) is -1.36. The first kappa shape index (κ1) is 14.8. The number of phenols is 1. The summed E-state index contributed by atoms with van der Waals surface area (Å²) in [6.07, 6.45) is -0.271. The normalized spacial score (nSPS) is 10.6. The van der Waals surface area contributed by atoms with Crippen molar-refractivity contribution in [1.29, 1.82) is 0 Å². The van der Waals surface area contributed by atoms with Gasteiger partial charge in [-0.2, -0.15) is 0 Å². The van der Waals surface area contributed by atoms with E-state index >= 15 is 0 Å². The molecule has 1 heterocycles. The average Bonchev–Trinajstić information content (AvgIpc) is 2.71. The first-order valence-corrected chi connectivity index (χ1v) is 6.10. The van der Waals surface area contributed by atoms with Crippen molar-refractivity contribution in [1.82, 2.24) is 5.16 Å². The third-order valence-corrected chi connectivity index (χ3v) is 3.25. The molecule has 9 heteroatoms. The number of halogens is 1. The zero-order valence-corrected chi connectivity index (χ0v) is 11.5. The van der Waals surface area contributed by atoms with Gasteiger partial charge in [0.1, 0.15) is 10.6 Å². The summed E-state index contributed by atoms with van der Waals surface area (Å²) < 4.78 is 5.00. The predicted molar refractivity (Wildman–Crippen MR) is 72.9 cm³/mol. The number of hydrogen-bond acceptors (Lipinski definition) is 6. The Kier molecular flexibility index (Phi) is 3.81. The average molecular weight is 312 g/mol. The smallest absolute Gasteiger partial charge is 0.322 e. The Balaban J connectivity index is 2.81. The number of nitrogens with zero attached hydrogens (tertiary/aromatic N) is 2. The Morgan fingerprint density at radius 2 is 2.24 bits per heavy atom. The zero-order chi connectivity index (χ0) is 15.7. The van der Waals surface area contributed by atoms with E-state index < -0.39 is 22.3 Å². The van der Waals surface area contributed by atoms with Gasteiger partial charge < -0.3 is 15.4 Å². The van der Waals surface area contributed by atoms with E-state index in [-0.39, 0.29) is 28.3 Å². The van der Waals surface area contributed by atoms with Crippen LogP contribution in [0.25, 0.3) is 11.3 Å². The monoisotopic (exact) mass is 311 g/mol. The van der Waals surface area contributed by atoms with Crippen LogP contribution in [0.15, 0.2) is 16.7 Å². The number of nitro benzene ring substituents is 1. The summed E-state index contributed by atoms with van der Waals surface area (Å²) >= 11 is 6.00. The van der Waals surface area contributed by atoms with Crippen molar-refractivity contribution in [3.63, 3.8) is 0 Å². The maximum absolute atomic E-state index is 11.2. The molecule has 0 unspecified atom stereocenters. The minimum Gasteiger partial charge on any atom is -0.502 e. The molecule has 0 spiro atoms. The van der Waals surface area contributed by atoms with E-state index in [0.29, 0.717) is 5.69 Å². The molecule has 3 N–H and O–H groups in total. The van der Waals surface area contributed by atoms with Gasteiger partial charge in [0, 0.05) is 0 Å². The Morgan fingerprint density at radius 3 is 2.71 bits per heavy atom. The van der Waals surface area contributed by atoms with Crippen LogP contribution in [0.2, 0.25) is 5.02 Å². The van der Waals surface area contributed by atoms with Crippen LogP contribution in [0.4, 0.5) is 5.69 Å². The molecule has 0 bridgehead atoms. The molecule has 1 aromatic carbocycles. The largest absolute Gasteiger partial charge is 0.502 e. The molecule has 2 aromatic rings. The quantitative estimate of drug-likeness (QED) is 0.655. The van der Waals surface area contributed by atoms with Gasteiger partial charge in [0.05, 0.1) is 17.0 Å². The number of hydrogen-bond donors (Lipinski definition) is 2. The summed E-state index contributed by atoms with van der Waals surface area (Å²) in [6.45, 7) is 1.55. The molecule has 0 atom stereocenters. The lowest BCUT2D eigenvalue weighted by Crippen LogP contribution is -2.14. The van der Waals surface area contributed by atoms with Gasteiger partial charge >= 0.3 is 5.69 Å². The van der Waals surface area contributed by atoms with Gasteiger partial charge in [-0.3, -0.25) is 14.9 Å². The van der Waals surface area contributed by atoms with Gasteiger partial charge in [-0.05, 0) is 18.6 Å². The fraction of sp³-hybridized carbons (Fsp3) is 0.167. The summed E-state index contributed by atoms with van der Waals surface area (Å²) in [5.41, 5.74) is 4.94. The van der Waals surface area contributed by atoms with Crippen LogP contribution in [0, 0.1) is 17.0 Å². The van der Waals surface area contributed by atoms with Crippen LogP contribution in [0.1, 0.15) is 11.3 Å². The highest BCUT2D eigenvalue weighted by Gasteiger charge is 2.30. The second-order valence-corrected chi connectivity index (χ2v) is 4.66. The highest BCUT2D eigenvalue weighted by molar-refractivity contribution is 6.33. The van der Waals surface area contributed by atoms with E-state index in [4.69, 9.17) is 21.9 Å². The number of rotatable bonds is 4. The number of phenolic OH excluding ortho intramolecular Hbond substituents is 1. The van der Waals surface area contributed by atoms with E-state index in [1.165, 1.54) is 6.07 Å². The van der Waals surface area contributed by atoms with Crippen LogP contribution >= 0.6 is 11.6 Å². The Hall–Kier alpha value is -2.61. The number of primary amides is 1. The van der Waals surface area contributed by atoms with E-state index in [0.717, 1.165) is 6.07 Å². The summed E-state index contributed by atoms with van der Waals surface area (Å²) in [7, 11) is 0. The van der Waals surface area contributed by atoms with Gasteiger partial charge in [0.25, 0.3) is 0 Å². The molecule has 0 saturated carbocycles. The number of carbonyl (C=O) groups excluding carboxylic acids is 1. The molecule has 0 radical (unpaired) electrons. The minimum atomic E-state index is -0.788. The molecule has 2 rings (SSSR count). The Bertz CT molecular complexity index is 741. The number of carbonyl (C=O) groups is 1. The molecule has 0 aliphatic rings. The topological polar surface area (TPSA) is 132 Å². The third-order valence-electron chi connectivity index (χ3n) is 2.81. The van der Waals surface area contributed by atoms with Crippen LogP contribution in [0.3, 0.4) is 0 Å². The summed E-state index contributed by atoms with van der Waals surface area (Å²) in [6, 6.07) is 2.45. The zero-order valence-electron chi connectivity index (χ0n) is 10.8. The SMILES string of the molecule is Cc1noc(-c2c(CC(N)=O)ccc(O)c2[N+](=O)[O-])c1Cl. The predicted octanol–water partition coefficient (Wildman–Crippen LogP) is 1.95. The lowest BCUT2D eigenvalue weighted by atomic mass is 9.99. The first-order chi connectivity index (χ1) is 9.82. The highest BCUT2D eigenvalue weighted by Crippen LogP contribution is 2.43. The van der Waals surface area contributed by atoms with Crippen molar-refractivity contribution in [2.24, 2.45) is 5.73 Å². The van der Waals surface area contributed by atoms with Gasteiger partial charge in [0.2, 0.25) is 5.91 Å². The van der Waals surface area contributed by atoms with Crippen LogP contribution in [-0.4, -0.2) is 21.1 Å². The summed E-state index contributed by atoms with van der Waals surface area (Å²) in [4.78, 5) is 21.5. The van der Waals surface area contributed by atoms with Gasteiger partial charge in [0.15, 0.2) is 11.5 Å². The van der Waals surface area contributed by atoms with Crippen LogP contribution in [-0.2, 0) is 11.2 Å². The molecule has 0 saturated heterocycles. The number of nitro groups is 1. The maximum atomic E-state index is 11.2. The molecule has 21 heavy (non-hydrogen) atoms. The van der Waals surface area contributed by atoms with Crippen molar-refractivity contribution < 1.29 is 19.3 Å². The number of nitrogens with two attached hydrogens (primary N) is 1. The number of amides is 1. The molecular formula is C12H10ClN3O5. The highest BCUT2D eigenvalue weighted by atomic mass is 35.5. The van der Waals surface area contributed by atoms with E-state index in [9.17, 15) is 20.0 Å². The lowest BCUT2D eigenvalue weighted by Gasteiger charge is -2.08.